The van der Waals surface area contributed by atoms with Crippen LogP contribution in [-0.4, -0.2) is 46.6 Å². The van der Waals surface area contributed by atoms with Crippen LogP contribution in [-0.2, 0) is 17.1 Å². The number of hydrogen-bond donors (Lipinski definition) is 1. The van der Waals surface area contributed by atoms with Crippen molar-refractivity contribution in [2.45, 2.75) is 36.8 Å². The molecule has 0 spiro atoms. The topological polar surface area (TPSA) is 75.4 Å². The third-order valence-corrected chi connectivity index (χ3v) is 5.86. The number of nitrogens with zero attached hydrogens (tertiary/aromatic N) is 3. The molecule has 1 unspecified atom stereocenters. The molecule has 1 aliphatic rings. The second-order valence-corrected chi connectivity index (χ2v) is 6.92. The van der Waals surface area contributed by atoms with Gasteiger partial charge in [-0.05, 0) is 12.8 Å². The van der Waals surface area contributed by atoms with E-state index in [9.17, 15) is 13.5 Å². The Balaban J connectivity index is 2.39. The fraction of sp³-hybridized carbons (Fsp3) is 0.727. The molecule has 0 aliphatic carbocycles. The maximum Gasteiger partial charge on any atom is 0.264 e. The van der Waals surface area contributed by atoms with Gasteiger partial charge in [-0.1, -0.05) is 24.4 Å². The Morgan fingerprint density at radius 1 is 1.47 bits per heavy atom. The summed E-state index contributed by atoms with van der Waals surface area (Å²) < 4.78 is 28.0. The maximum absolute atomic E-state index is 12.6. The molecule has 8 heteroatoms. The number of aliphatic hydroxyl groups is 1. The van der Waals surface area contributed by atoms with Gasteiger partial charge in [-0.3, -0.25) is 0 Å². The molecule has 1 aromatic rings. The van der Waals surface area contributed by atoms with Crippen LogP contribution in [0.15, 0.2) is 11.4 Å². The smallest absolute Gasteiger partial charge is 0.264 e. The molecule has 1 fully saturated rings. The van der Waals surface area contributed by atoms with Gasteiger partial charge in [0.25, 0.3) is 10.0 Å². The van der Waals surface area contributed by atoms with Crippen LogP contribution >= 0.6 is 11.6 Å². The maximum atomic E-state index is 12.6. The molecule has 1 saturated heterocycles. The van der Waals surface area contributed by atoms with Crippen molar-refractivity contribution in [3.05, 3.63) is 11.5 Å². The van der Waals surface area contributed by atoms with Crippen molar-refractivity contribution in [2.75, 3.05) is 13.2 Å². The summed E-state index contributed by atoms with van der Waals surface area (Å²) in [5.41, 5.74) is 0. The van der Waals surface area contributed by atoms with Gasteiger partial charge in [-0.25, -0.2) is 13.4 Å². The lowest BCUT2D eigenvalue weighted by atomic mass is 10.1. The van der Waals surface area contributed by atoms with Gasteiger partial charge in [0.05, 0.1) is 12.9 Å². The number of imidazole rings is 1. The van der Waals surface area contributed by atoms with Crippen molar-refractivity contribution in [2.24, 2.45) is 7.05 Å². The number of hydrogen-bond acceptors (Lipinski definition) is 4. The normalized spacial score (nSPS) is 22.4. The molecule has 6 nitrogen and oxygen atoms in total. The molecule has 0 saturated carbocycles. The van der Waals surface area contributed by atoms with Crippen molar-refractivity contribution in [1.29, 1.82) is 0 Å². The van der Waals surface area contributed by atoms with Gasteiger partial charge in [0.15, 0.2) is 0 Å². The minimum absolute atomic E-state index is 0.0981. The number of sulfonamides is 1. The first-order valence-corrected chi connectivity index (χ1v) is 8.10. The van der Waals surface area contributed by atoms with E-state index in [-0.39, 0.29) is 22.8 Å². The third-order valence-electron chi connectivity index (χ3n) is 3.42. The monoisotopic (exact) mass is 307 g/mol. The third kappa shape index (κ3) is 2.79. The number of aliphatic hydroxyl groups excluding tert-OH is 1. The molecule has 19 heavy (non-hydrogen) atoms. The Morgan fingerprint density at radius 2 is 2.21 bits per heavy atom. The lowest BCUT2D eigenvalue weighted by Crippen LogP contribution is -2.42. The molecule has 0 amide bonds. The second kappa shape index (κ2) is 5.78. The quantitative estimate of drug-likeness (QED) is 0.904. The molecule has 0 bridgehead atoms. The van der Waals surface area contributed by atoms with Gasteiger partial charge in [0.2, 0.25) is 5.03 Å². The summed E-state index contributed by atoms with van der Waals surface area (Å²) >= 11 is 5.98. The van der Waals surface area contributed by atoms with Crippen LogP contribution in [0.5, 0.6) is 0 Å². The van der Waals surface area contributed by atoms with E-state index in [0.29, 0.717) is 13.0 Å². The Labute approximate surface area is 118 Å². The van der Waals surface area contributed by atoms with Crippen molar-refractivity contribution in [3.8, 4) is 0 Å². The van der Waals surface area contributed by atoms with Gasteiger partial charge in [0.1, 0.15) is 5.15 Å². The standard InChI is InChI=1S/C11H18ClN3O3S/c1-14-8-13-11(10(14)12)19(17,18)15-6-4-2-3-5-9(15)7-16/h8-9,16H,2-7H2,1H3. The fourth-order valence-corrected chi connectivity index (χ4v) is 4.41. The first kappa shape index (κ1) is 14.8. The van der Waals surface area contributed by atoms with Gasteiger partial charge in [0, 0.05) is 19.6 Å². The van der Waals surface area contributed by atoms with Gasteiger partial charge < -0.3 is 9.67 Å². The number of aromatic nitrogens is 2. The highest BCUT2D eigenvalue weighted by Gasteiger charge is 2.35. The summed E-state index contributed by atoms with van der Waals surface area (Å²) in [6.07, 6.45) is 4.73. The molecule has 1 aliphatic heterocycles. The van der Waals surface area contributed by atoms with Crippen LogP contribution in [0.25, 0.3) is 0 Å². The van der Waals surface area contributed by atoms with Crippen LogP contribution in [0.1, 0.15) is 25.7 Å². The molecular weight excluding hydrogens is 290 g/mol. The van der Waals surface area contributed by atoms with E-state index in [2.05, 4.69) is 4.98 Å². The van der Waals surface area contributed by atoms with E-state index >= 15 is 0 Å². The molecule has 2 rings (SSSR count). The van der Waals surface area contributed by atoms with Gasteiger partial charge in [-0.15, -0.1) is 0 Å². The Hall–Kier alpha value is -0.630. The zero-order valence-corrected chi connectivity index (χ0v) is 12.4. The van der Waals surface area contributed by atoms with E-state index in [4.69, 9.17) is 11.6 Å². The summed E-state index contributed by atoms with van der Waals surface area (Å²) in [6, 6.07) is -0.384. The summed E-state index contributed by atoms with van der Waals surface area (Å²) in [7, 11) is -2.11. The van der Waals surface area contributed by atoms with Crippen molar-refractivity contribution >= 4 is 21.6 Å². The average molecular weight is 308 g/mol. The van der Waals surface area contributed by atoms with Crippen LogP contribution in [0.2, 0.25) is 5.15 Å². The molecule has 1 atom stereocenters. The van der Waals surface area contributed by atoms with E-state index in [0.717, 1.165) is 19.3 Å². The molecule has 1 N–H and O–H groups in total. The lowest BCUT2D eigenvalue weighted by Gasteiger charge is -2.26. The van der Waals surface area contributed by atoms with Crippen LogP contribution in [0.3, 0.4) is 0 Å². The molecular formula is C11H18ClN3O3S. The van der Waals surface area contributed by atoms with Crippen LogP contribution in [0.4, 0.5) is 0 Å². The Bertz CT molecular complexity index is 543. The fourth-order valence-electron chi connectivity index (χ4n) is 2.33. The molecule has 0 aromatic carbocycles. The highest BCUT2D eigenvalue weighted by molar-refractivity contribution is 7.89. The van der Waals surface area contributed by atoms with Crippen LogP contribution < -0.4 is 0 Å². The highest BCUT2D eigenvalue weighted by atomic mass is 35.5. The number of rotatable bonds is 3. The average Bonchev–Trinajstić information content (AvgIpc) is 2.61. The van der Waals surface area contributed by atoms with Crippen molar-refractivity contribution in [3.63, 3.8) is 0 Å². The first-order valence-electron chi connectivity index (χ1n) is 6.28. The number of halogens is 1. The Kier molecular flexibility index (Phi) is 4.50. The largest absolute Gasteiger partial charge is 0.395 e. The van der Waals surface area contributed by atoms with Crippen molar-refractivity contribution < 1.29 is 13.5 Å². The second-order valence-electron chi connectivity index (χ2n) is 4.75. The molecule has 108 valence electrons. The van der Waals surface area contributed by atoms with Crippen LogP contribution in [0, 0.1) is 0 Å². The highest BCUT2D eigenvalue weighted by Crippen LogP contribution is 2.27. The van der Waals surface area contributed by atoms with Gasteiger partial charge in [-0.2, -0.15) is 4.31 Å². The minimum atomic E-state index is -3.75. The molecule has 0 radical (unpaired) electrons. The molecule has 1 aromatic heterocycles. The predicted molar refractivity (Wildman–Crippen MR) is 71.5 cm³/mol. The summed E-state index contributed by atoms with van der Waals surface area (Å²) in [6.45, 7) is 0.226. The summed E-state index contributed by atoms with van der Waals surface area (Å²) in [5, 5.41) is 9.38. The SMILES string of the molecule is Cn1cnc(S(=O)(=O)N2CCCCCC2CO)c1Cl. The predicted octanol–water partition coefficient (Wildman–Crippen LogP) is 0.999. The summed E-state index contributed by atoms with van der Waals surface area (Å²) in [4.78, 5) is 3.88. The van der Waals surface area contributed by atoms with Crippen molar-refractivity contribution in [1.82, 2.24) is 13.9 Å². The van der Waals surface area contributed by atoms with E-state index in [1.165, 1.54) is 15.2 Å². The molecule has 2 heterocycles. The first-order chi connectivity index (χ1) is 8.98. The minimum Gasteiger partial charge on any atom is -0.395 e. The van der Waals surface area contributed by atoms with Gasteiger partial charge >= 0.3 is 0 Å². The van der Waals surface area contributed by atoms with E-state index < -0.39 is 10.0 Å². The Morgan fingerprint density at radius 3 is 2.79 bits per heavy atom. The zero-order chi connectivity index (χ0) is 14.0. The lowest BCUT2D eigenvalue weighted by molar-refractivity contribution is 0.186. The number of aryl methyl sites for hydroxylation is 1. The van der Waals surface area contributed by atoms with E-state index in [1.54, 1.807) is 7.05 Å². The van der Waals surface area contributed by atoms with E-state index in [1.807, 2.05) is 0 Å². The zero-order valence-electron chi connectivity index (χ0n) is 10.8. The summed E-state index contributed by atoms with van der Waals surface area (Å²) in [5.74, 6) is 0.